The zero-order valence-electron chi connectivity index (χ0n) is 10.1. The van der Waals surface area contributed by atoms with Gasteiger partial charge >= 0.3 is 0 Å². The van der Waals surface area contributed by atoms with E-state index in [2.05, 4.69) is 0 Å². The maximum Gasteiger partial charge on any atom is 0.255 e. The molecule has 1 amide bonds. The molecule has 2 N–H and O–H groups in total. The fraction of sp³-hybridized carbons (Fsp3) is 0.417. The summed E-state index contributed by atoms with van der Waals surface area (Å²) >= 11 is 6.06. The fourth-order valence-electron chi connectivity index (χ4n) is 1.85. The number of hydrogen-bond acceptors (Lipinski definition) is 4. The van der Waals surface area contributed by atoms with Gasteiger partial charge in [-0.05, 0) is 12.1 Å². The highest BCUT2D eigenvalue weighted by molar-refractivity contribution is 6.34. The lowest BCUT2D eigenvalue weighted by Crippen LogP contribution is -2.40. The molecule has 1 aromatic rings. The van der Waals surface area contributed by atoms with E-state index >= 15 is 0 Å². The first-order valence-electron chi connectivity index (χ1n) is 5.63. The topological polar surface area (TPSA) is 64.8 Å². The molecule has 0 aromatic heterocycles. The van der Waals surface area contributed by atoms with E-state index in [-0.39, 0.29) is 5.91 Å². The number of ether oxygens (including phenoxy) is 2. The summed E-state index contributed by atoms with van der Waals surface area (Å²) in [4.78, 5) is 14.0. The molecule has 6 heteroatoms. The van der Waals surface area contributed by atoms with Crippen LogP contribution in [0.2, 0.25) is 5.02 Å². The number of morpholine rings is 1. The first kappa shape index (κ1) is 13.0. The maximum atomic E-state index is 12.3. The third kappa shape index (κ3) is 2.52. The summed E-state index contributed by atoms with van der Waals surface area (Å²) in [6, 6.07) is 3.11. The third-order valence-electron chi connectivity index (χ3n) is 2.85. The van der Waals surface area contributed by atoms with Crippen LogP contribution in [0, 0.1) is 0 Å². The van der Waals surface area contributed by atoms with Gasteiger partial charge in [0.05, 0.1) is 36.6 Å². The first-order chi connectivity index (χ1) is 8.63. The van der Waals surface area contributed by atoms with E-state index in [4.69, 9.17) is 26.8 Å². The zero-order valence-corrected chi connectivity index (χ0v) is 10.9. The summed E-state index contributed by atoms with van der Waals surface area (Å²) in [5.74, 6) is 0.331. The first-order valence-corrected chi connectivity index (χ1v) is 6.01. The van der Waals surface area contributed by atoms with E-state index < -0.39 is 0 Å². The smallest absolute Gasteiger partial charge is 0.255 e. The number of nitrogens with two attached hydrogens (primary N) is 1. The number of carbonyl (C=O) groups is 1. The molecule has 1 aromatic carbocycles. The molecule has 1 saturated heterocycles. The van der Waals surface area contributed by atoms with Gasteiger partial charge in [-0.25, -0.2) is 0 Å². The lowest BCUT2D eigenvalue weighted by molar-refractivity contribution is 0.0303. The van der Waals surface area contributed by atoms with Crippen molar-refractivity contribution in [2.75, 3.05) is 39.1 Å². The van der Waals surface area contributed by atoms with E-state index in [0.717, 1.165) is 0 Å². The molecule has 18 heavy (non-hydrogen) atoms. The van der Waals surface area contributed by atoms with Crippen LogP contribution in [0.15, 0.2) is 12.1 Å². The molecule has 0 atom stereocenters. The van der Waals surface area contributed by atoms with Gasteiger partial charge in [-0.2, -0.15) is 0 Å². The Bertz CT molecular complexity index is 459. The Labute approximate surface area is 110 Å². The number of hydrogen-bond donors (Lipinski definition) is 1. The Hall–Kier alpha value is -1.46. The highest BCUT2D eigenvalue weighted by Gasteiger charge is 2.22. The van der Waals surface area contributed by atoms with Crippen LogP contribution >= 0.6 is 11.6 Å². The Morgan fingerprint density at radius 3 is 2.72 bits per heavy atom. The molecule has 5 nitrogen and oxygen atoms in total. The Kier molecular flexibility index (Phi) is 3.93. The van der Waals surface area contributed by atoms with Gasteiger partial charge in [0.1, 0.15) is 5.75 Å². The number of methoxy groups -OCH3 is 1. The van der Waals surface area contributed by atoms with E-state index in [9.17, 15) is 4.79 Å². The van der Waals surface area contributed by atoms with Crippen molar-refractivity contribution in [1.29, 1.82) is 0 Å². The van der Waals surface area contributed by atoms with Gasteiger partial charge in [0, 0.05) is 13.1 Å². The molecular weight excluding hydrogens is 256 g/mol. The molecule has 1 aliphatic rings. The van der Waals surface area contributed by atoms with Crippen LogP contribution in [0.25, 0.3) is 0 Å². The second-order valence-electron chi connectivity index (χ2n) is 3.98. The second kappa shape index (κ2) is 5.46. The molecule has 0 bridgehead atoms. The van der Waals surface area contributed by atoms with E-state index in [0.29, 0.717) is 48.3 Å². The lowest BCUT2D eigenvalue weighted by atomic mass is 10.1. The molecule has 0 spiro atoms. The van der Waals surface area contributed by atoms with Crippen molar-refractivity contribution in [3.63, 3.8) is 0 Å². The number of halogens is 1. The van der Waals surface area contributed by atoms with Crippen LogP contribution in [0.3, 0.4) is 0 Å². The molecular formula is C12H15ClN2O3. The van der Waals surface area contributed by atoms with Crippen LogP contribution < -0.4 is 10.5 Å². The molecule has 1 aliphatic heterocycles. The van der Waals surface area contributed by atoms with Crippen molar-refractivity contribution in [3.05, 3.63) is 22.7 Å². The number of anilines is 1. The van der Waals surface area contributed by atoms with Crippen LogP contribution in [-0.4, -0.2) is 44.2 Å². The summed E-state index contributed by atoms with van der Waals surface area (Å²) in [7, 11) is 1.50. The molecule has 0 unspecified atom stereocenters. The minimum Gasteiger partial charge on any atom is -0.495 e. The Morgan fingerprint density at radius 2 is 2.11 bits per heavy atom. The standard InChI is InChI=1S/C12H15ClN2O3/c1-17-11-6-8(9(13)7-10(11)14)12(16)15-2-4-18-5-3-15/h6-7H,2-5,14H2,1H3. The lowest BCUT2D eigenvalue weighted by Gasteiger charge is -2.27. The summed E-state index contributed by atoms with van der Waals surface area (Å²) in [5.41, 5.74) is 6.55. The van der Waals surface area contributed by atoms with Crippen molar-refractivity contribution in [2.24, 2.45) is 0 Å². The van der Waals surface area contributed by atoms with Gasteiger partial charge in [-0.1, -0.05) is 11.6 Å². The Balaban J connectivity index is 2.28. The Morgan fingerprint density at radius 1 is 1.44 bits per heavy atom. The van der Waals surface area contributed by atoms with Crippen LogP contribution in [-0.2, 0) is 4.74 Å². The number of nitrogens with zero attached hydrogens (tertiary/aromatic N) is 1. The van der Waals surface area contributed by atoms with Crippen LogP contribution in [0.1, 0.15) is 10.4 Å². The van der Waals surface area contributed by atoms with Gasteiger partial charge in [-0.3, -0.25) is 4.79 Å². The van der Waals surface area contributed by atoms with Crippen LogP contribution in [0.5, 0.6) is 5.75 Å². The summed E-state index contributed by atoms with van der Waals surface area (Å²) in [6.07, 6.45) is 0. The van der Waals surface area contributed by atoms with Crippen molar-refractivity contribution in [3.8, 4) is 5.75 Å². The minimum absolute atomic E-state index is 0.124. The minimum atomic E-state index is -0.124. The van der Waals surface area contributed by atoms with E-state index in [1.165, 1.54) is 13.2 Å². The molecule has 98 valence electrons. The SMILES string of the molecule is COc1cc(C(=O)N2CCOCC2)c(Cl)cc1N. The number of amides is 1. The predicted molar refractivity (Wildman–Crippen MR) is 69.1 cm³/mol. The summed E-state index contributed by atoms with van der Waals surface area (Å²) in [6.45, 7) is 2.24. The maximum absolute atomic E-state index is 12.3. The van der Waals surface area contributed by atoms with Gasteiger partial charge in [-0.15, -0.1) is 0 Å². The number of nitrogen functional groups attached to an aromatic ring is 1. The third-order valence-corrected chi connectivity index (χ3v) is 3.16. The largest absolute Gasteiger partial charge is 0.495 e. The fourth-order valence-corrected chi connectivity index (χ4v) is 2.10. The average molecular weight is 271 g/mol. The average Bonchev–Trinajstić information content (AvgIpc) is 2.39. The van der Waals surface area contributed by atoms with Gasteiger partial charge in [0.15, 0.2) is 0 Å². The summed E-state index contributed by atoms with van der Waals surface area (Å²) < 4.78 is 10.3. The number of carbonyl (C=O) groups excluding carboxylic acids is 1. The quantitative estimate of drug-likeness (QED) is 0.825. The van der Waals surface area contributed by atoms with Crippen molar-refractivity contribution in [1.82, 2.24) is 4.90 Å². The normalized spacial score (nSPS) is 15.6. The number of rotatable bonds is 2. The van der Waals surface area contributed by atoms with Gasteiger partial charge in [0.2, 0.25) is 0 Å². The van der Waals surface area contributed by atoms with Gasteiger partial charge in [0.25, 0.3) is 5.91 Å². The van der Waals surface area contributed by atoms with Crippen molar-refractivity contribution < 1.29 is 14.3 Å². The van der Waals surface area contributed by atoms with Crippen molar-refractivity contribution in [2.45, 2.75) is 0 Å². The zero-order chi connectivity index (χ0) is 13.1. The predicted octanol–water partition coefficient (Wildman–Crippen LogP) is 1.40. The van der Waals surface area contributed by atoms with E-state index in [1.807, 2.05) is 0 Å². The number of benzene rings is 1. The summed E-state index contributed by atoms with van der Waals surface area (Å²) in [5, 5.41) is 0.338. The molecule has 0 saturated carbocycles. The second-order valence-corrected chi connectivity index (χ2v) is 4.39. The highest BCUT2D eigenvalue weighted by Crippen LogP contribution is 2.29. The van der Waals surface area contributed by atoms with Crippen LogP contribution in [0.4, 0.5) is 5.69 Å². The highest BCUT2D eigenvalue weighted by atomic mass is 35.5. The molecule has 1 heterocycles. The molecule has 1 fully saturated rings. The molecule has 2 rings (SSSR count). The van der Waals surface area contributed by atoms with Gasteiger partial charge < -0.3 is 20.1 Å². The molecule has 0 radical (unpaired) electrons. The van der Waals surface area contributed by atoms with E-state index in [1.54, 1.807) is 11.0 Å². The molecule has 0 aliphatic carbocycles. The monoisotopic (exact) mass is 270 g/mol. The van der Waals surface area contributed by atoms with Crippen molar-refractivity contribution >= 4 is 23.2 Å².